The van der Waals surface area contributed by atoms with Crippen LogP contribution in [0.2, 0.25) is 0 Å². The van der Waals surface area contributed by atoms with Crippen molar-refractivity contribution >= 4 is 11.5 Å². The van der Waals surface area contributed by atoms with Crippen LogP contribution in [-0.4, -0.2) is 12.4 Å². The lowest BCUT2D eigenvalue weighted by Crippen LogP contribution is -2.14. The van der Waals surface area contributed by atoms with E-state index in [2.05, 4.69) is 4.74 Å². The monoisotopic (exact) mass is 269 g/mol. The highest BCUT2D eigenvalue weighted by atomic mass is 19.4. The summed E-state index contributed by atoms with van der Waals surface area (Å²) in [5.74, 6) is -1.55. The molecule has 0 atom stereocenters. The predicted octanol–water partition coefficient (Wildman–Crippen LogP) is 3.09. The summed E-state index contributed by atoms with van der Waals surface area (Å²) in [6.07, 6.45) is -4.87. The van der Waals surface area contributed by atoms with E-state index in [0.29, 0.717) is 6.07 Å². The number of nitrogens with two attached hydrogens (primary N) is 1. The second-order valence-electron chi connectivity index (χ2n) is 3.36. The summed E-state index contributed by atoms with van der Waals surface area (Å²) in [4.78, 5) is 11.1. The molecule has 0 heterocycles. The molecule has 2 N–H and O–H groups in total. The van der Waals surface area contributed by atoms with Crippen LogP contribution in [-0.2, 0) is 6.18 Å². The Hall–Kier alpha value is -1.86. The number of ketones is 1. The second kappa shape index (κ2) is 4.79. The van der Waals surface area contributed by atoms with Crippen molar-refractivity contribution in [2.45, 2.75) is 19.7 Å². The summed E-state index contributed by atoms with van der Waals surface area (Å²) in [7, 11) is 0. The minimum Gasteiger partial charge on any atom is -0.435 e. The van der Waals surface area contributed by atoms with Crippen LogP contribution in [0.1, 0.15) is 22.8 Å². The van der Waals surface area contributed by atoms with Crippen molar-refractivity contribution in [3.63, 3.8) is 0 Å². The number of anilines is 1. The Morgan fingerprint density at radius 2 is 1.89 bits per heavy atom. The van der Waals surface area contributed by atoms with Crippen LogP contribution in [0.5, 0.6) is 5.75 Å². The molecule has 0 aliphatic rings. The first-order chi connectivity index (χ1) is 8.12. The Balaban J connectivity index is 3.42. The predicted molar refractivity (Wildman–Crippen MR) is 52.5 cm³/mol. The fourth-order valence-corrected chi connectivity index (χ4v) is 1.32. The van der Waals surface area contributed by atoms with Crippen LogP contribution >= 0.6 is 0 Å². The Labute approximate surface area is 98.3 Å². The zero-order chi connectivity index (χ0) is 14.1. The van der Waals surface area contributed by atoms with E-state index in [9.17, 15) is 26.7 Å². The lowest BCUT2D eigenvalue weighted by molar-refractivity contribution is -0.137. The van der Waals surface area contributed by atoms with Crippen LogP contribution in [0.3, 0.4) is 0 Å². The zero-order valence-electron chi connectivity index (χ0n) is 9.02. The fraction of sp³-hybridized carbons (Fsp3) is 0.300. The Bertz CT molecular complexity index is 470. The van der Waals surface area contributed by atoms with E-state index in [1.54, 1.807) is 0 Å². The third-order valence-electron chi connectivity index (χ3n) is 2.06. The minimum atomic E-state index is -4.87. The van der Waals surface area contributed by atoms with Crippen LogP contribution in [0, 0.1) is 0 Å². The van der Waals surface area contributed by atoms with Gasteiger partial charge in [-0.15, -0.1) is 0 Å². The number of rotatable bonds is 3. The van der Waals surface area contributed by atoms with E-state index in [4.69, 9.17) is 5.73 Å². The van der Waals surface area contributed by atoms with Gasteiger partial charge in [0.1, 0.15) is 5.75 Å². The largest absolute Gasteiger partial charge is 0.435 e. The van der Waals surface area contributed by atoms with Gasteiger partial charge in [-0.3, -0.25) is 4.79 Å². The summed E-state index contributed by atoms with van der Waals surface area (Å²) >= 11 is 0. The van der Waals surface area contributed by atoms with Crippen molar-refractivity contribution < 1.29 is 31.5 Å². The van der Waals surface area contributed by atoms with Gasteiger partial charge < -0.3 is 10.5 Å². The lowest BCUT2D eigenvalue weighted by atomic mass is 10.0. The molecule has 0 radical (unpaired) electrons. The molecule has 8 heteroatoms. The molecule has 1 aromatic carbocycles. The molecule has 0 aliphatic carbocycles. The summed E-state index contributed by atoms with van der Waals surface area (Å²) in [6.45, 7) is -2.33. The van der Waals surface area contributed by atoms with Crippen molar-refractivity contribution in [2.75, 3.05) is 5.73 Å². The van der Waals surface area contributed by atoms with Gasteiger partial charge >= 0.3 is 12.8 Å². The summed E-state index contributed by atoms with van der Waals surface area (Å²) < 4.78 is 65.5. The van der Waals surface area contributed by atoms with Gasteiger partial charge in [-0.2, -0.15) is 22.0 Å². The van der Waals surface area contributed by atoms with Crippen molar-refractivity contribution in [1.29, 1.82) is 0 Å². The van der Waals surface area contributed by atoms with Gasteiger partial charge in [-0.25, -0.2) is 0 Å². The van der Waals surface area contributed by atoms with E-state index in [0.717, 1.165) is 13.0 Å². The molecule has 0 spiro atoms. The van der Waals surface area contributed by atoms with Crippen molar-refractivity contribution in [1.82, 2.24) is 0 Å². The van der Waals surface area contributed by atoms with Crippen LogP contribution in [0.25, 0.3) is 0 Å². The average Bonchev–Trinajstić information content (AvgIpc) is 2.17. The smallest absolute Gasteiger partial charge is 0.418 e. The SMILES string of the molecule is CC(=O)c1cc(OC(F)F)cc(C(F)(F)F)c1N. The van der Waals surface area contributed by atoms with Crippen molar-refractivity contribution in [2.24, 2.45) is 0 Å². The maximum Gasteiger partial charge on any atom is 0.418 e. The van der Waals surface area contributed by atoms with E-state index in [1.807, 2.05) is 0 Å². The van der Waals surface area contributed by atoms with Gasteiger partial charge in [0.25, 0.3) is 0 Å². The molecule has 3 nitrogen and oxygen atoms in total. The molecule has 0 saturated heterocycles. The maximum atomic E-state index is 12.6. The lowest BCUT2D eigenvalue weighted by Gasteiger charge is -2.15. The minimum absolute atomic E-state index is 0.327. The molecule has 0 aromatic heterocycles. The number of benzene rings is 1. The second-order valence-corrected chi connectivity index (χ2v) is 3.36. The average molecular weight is 269 g/mol. The Kier molecular flexibility index (Phi) is 3.78. The molecule has 0 amide bonds. The highest BCUT2D eigenvalue weighted by molar-refractivity contribution is 6.00. The molecule has 0 bridgehead atoms. The van der Waals surface area contributed by atoms with Gasteiger partial charge in [0, 0.05) is 5.56 Å². The zero-order valence-corrected chi connectivity index (χ0v) is 9.02. The quantitative estimate of drug-likeness (QED) is 0.521. The highest BCUT2D eigenvalue weighted by Crippen LogP contribution is 2.38. The number of carbonyl (C=O) groups excluding carboxylic acids is 1. The fourth-order valence-electron chi connectivity index (χ4n) is 1.32. The van der Waals surface area contributed by atoms with E-state index in [1.165, 1.54) is 0 Å². The third kappa shape index (κ3) is 3.08. The number of nitrogen functional groups attached to an aromatic ring is 1. The normalized spacial score (nSPS) is 11.7. The number of ether oxygens (including phenoxy) is 1. The number of alkyl halides is 5. The van der Waals surface area contributed by atoms with Gasteiger partial charge in [-0.05, 0) is 19.1 Å². The number of hydrogen-bond donors (Lipinski definition) is 1. The molecule has 0 saturated carbocycles. The van der Waals surface area contributed by atoms with Gasteiger partial charge in [0.15, 0.2) is 5.78 Å². The van der Waals surface area contributed by atoms with E-state index in [-0.39, 0.29) is 0 Å². The van der Waals surface area contributed by atoms with Gasteiger partial charge in [0.05, 0.1) is 11.3 Å². The van der Waals surface area contributed by atoms with Crippen molar-refractivity contribution in [3.8, 4) is 5.75 Å². The number of carbonyl (C=O) groups is 1. The first kappa shape index (κ1) is 14.2. The molecule has 0 aliphatic heterocycles. The van der Waals surface area contributed by atoms with E-state index < -0.39 is 41.1 Å². The number of hydrogen-bond acceptors (Lipinski definition) is 3. The molecule has 18 heavy (non-hydrogen) atoms. The maximum absolute atomic E-state index is 12.6. The van der Waals surface area contributed by atoms with Gasteiger partial charge in [-0.1, -0.05) is 0 Å². The highest BCUT2D eigenvalue weighted by Gasteiger charge is 2.35. The number of halogens is 5. The molecule has 0 fully saturated rings. The number of Topliss-reactive ketones (excluding diaryl/α,β-unsaturated/α-hetero) is 1. The van der Waals surface area contributed by atoms with Crippen LogP contribution in [0.4, 0.5) is 27.6 Å². The molecule has 0 unspecified atom stereocenters. The summed E-state index contributed by atoms with van der Waals surface area (Å²) in [5, 5.41) is 0. The first-order valence-corrected chi connectivity index (χ1v) is 4.59. The third-order valence-corrected chi connectivity index (χ3v) is 2.06. The Morgan fingerprint density at radius 3 is 2.28 bits per heavy atom. The van der Waals surface area contributed by atoms with Crippen LogP contribution in [0.15, 0.2) is 12.1 Å². The molecule has 100 valence electrons. The van der Waals surface area contributed by atoms with Gasteiger partial charge in [0.2, 0.25) is 0 Å². The van der Waals surface area contributed by atoms with Crippen LogP contribution < -0.4 is 10.5 Å². The standard InChI is InChI=1S/C10H8F5NO2/c1-4(17)6-2-5(18-9(11)12)3-7(8(6)16)10(13,14)15/h2-3,9H,16H2,1H3. The summed E-state index contributed by atoms with van der Waals surface area (Å²) in [5.41, 5.74) is 2.48. The van der Waals surface area contributed by atoms with E-state index >= 15 is 0 Å². The first-order valence-electron chi connectivity index (χ1n) is 4.59. The summed E-state index contributed by atoms with van der Waals surface area (Å²) in [6, 6.07) is 1.08. The van der Waals surface area contributed by atoms with Crippen molar-refractivity contribution in [3.05, 3.63) is 23.3 Å². The molecular formula is C10H8F5NO2. The Morgan fingerprint density at radius 1 is 1.33 bits per heavy atom. The topological polar surface area (TPSA) is 52.3 Å². The molecule has 1 aromatic rings. The molecular weight excluding hydrogens is 261 g/mol. The molecule has 1 rings (SSSR count).